The molecule has 1 heterocycles. The molecule has 0 saturated carbocycles. The standard InChI is InChI=1S/C15H19NO/c1-13-9-11-16(12-10-13)15(17)8-7-14-5-3-2-4-6-14/h2-8,13H,9-12H2,1H3. The number of amides is 1. The second kappa shape index (κ2) is 5.67. The maximum absolute atomic E-state index is 11.9. The van der Waals surface area contributed by atoms with E-state index in [2.05, 4.69) is 6.92 Å². The highest BCUT2D eigenvalue weighted by Crippen LogP contribution is 2.16. The average Bonchev–Trinajstić information content (AvgIpc) is 2.38. The van der Waals surface area contributed by atoms with Gasteiger partial charge in [-0.1, -0.05) is 37.3 Å². The first kappa shape index (κ1) is 11.9. The van der Waals surface area contributed by atoms with Crippen LogP contribution in [0.5, 0.6) is 0 Å². The first-order valence-corrected chi connectivity index (χ1v) is 6.28. The number of benzene rings is 1. The van der Waals surface area contributed by atoms with E-state index in [0.29, 0.717) is 0 Å². The largest absolute Gasteiger partial charge is 0.339 e. The van der Waals surface area contributed by atoms with E-state index in [9.17, 15) is 4.79 Å². The van der Waals surface area contributed by atoms with Crippen LogP contribution in [0.15, 0.2) is 36.4 Å². The van der Waals surface area contributed by atoms with Crippen molar-refractivity contribution in [1.29, 1.82) is 0 Å². The van der Waals surface area contributed by atoms with Crippen LogP contribution in [-0.2, 0) is 4.79 Å². The summed E-state index contributed by atoms with van der Waals surface area (Å²) in [4.78, 5) is 13.9. The topological polar surface area (TPSA) is 20.3 Å². The lowest BCUT2D eigenvalue weighted by Gasteiger charge is -2.29. The average molecular weight is 229 g/mol. The molecule has 0 bridgehead atoms. The van der Waals surface area contributed by atoms with Gasteiger partial charge in [0.2, 0.25) is 5.91 Å². The Morgan fingerprint density at radius 2 is 1.88 bits per heavy atom. The summed E-state index contributed by atoms with van der Waals surface area (Å²) in [7, 11) is 0. The van der Waals surface area contributed by atoms with E-state index in [1.807, 2.05) is 41.3 Å². The summed E-state index contributed by atoms with van der Waals surface area (Å²) >= 11 is 0. The number of likely N-dealkylation sites (tertiary alicyclic amines) is 1. The van der Waals surface area contributed by atoms with Gasteiger partial charge in [0.05, 0.1) is 0 Å². The third-order valence-corrected chi connectivity index (χ3v) is 3.31. The number of hydrogen-bond donors (Lipinski definition) is 0. The van der Waals surface area contributed by atoms with E-state index < -0.39 is 0 Å². The second-order valence-electron chi connectivity index (χ2n) is 4.75. The zero-order chi connectivity index (χ0) is 12.1. The molecular formula is C15H19NO. The van der Waals surface area contributed by atoms with Crippen LogP contribution in [0.4, 0.5) is 0 Å². The summed E-state index contributed by atoms with van der Waals surface area (Å²) < 4.78 is 0. The van der Waals surface area contributed by atoms with Crippen LogP contribution in [0.2, 0.25) is 0 Å². The molecule has 0 aromatic heterocycles. The van der Waals surface area contributed by atoms with E-state index in [1.54, 1.807) is 6.08 Å². The smallest absolute Gasteiger partial charge is 0.246 e. The van der Waals surface area contributed by atoms with Crippen molar-refractivity contribution in [2.24, 2.45) is 5.92 Å². The lowest BCUT2D eigenvalue weighted by atomic mass is 9.99. The summed E-state index contributed by atoms with van der Waals surface area (Å²) in [5, 5.41) is 0. The number of carbonyl (C=O) groups is 1. The number of nitrogens with zero attached hydrogens (tertiary/aromatic N) is 1. The molecule has 2 heteroatoms. The number of piperidine rings is 1. The highest BCUT2D eigenvalue weighted by atomic mass is 16.2. The lowest BCUT2D eigenvalue weighted by molar-refractivity contribution is -0.127. The first-order chi connectivity index (χ1) is 8.25. The van der Waals surface area contributed by atoms with Gasteiger partial charge in [0.1, 0.15) is 0 Å². The Labute approximate surface area is 103 Å². The maximum Gasteiger partial charge on any atom is 0.246 e. The Kier molecular flexibility index (Phi) is 3.97. The van der Waals surface area contributed by atoms with Gasteiger partial charge in [0.25, 0.3) is 0 Å². The van der Waals surface area contributed by atoms with E-state index in [-0.39, 0.29) is 5.91 Å². The highest BCUT2D eigenvalue weighted by molar-refractivity contribution is 5.91. The third kappa shape index (κ3) is 3.45. The van der Waals surface area contributed by atoms with Crippen molar-refractivity contribution in [1.82, 2.24) is 4.90 Å². The number of carbonyl (C=O) groups excluding carboxylic acids is 1. The fraction of sp³-hybridized carbons (Fsp3) is 0.400. The predicted octanol–water partition coefficient (Wildman–Crippen LogP) is 2.96. The van der Waals surface area contributed by atoms with Gasteiger partial charge in [-0.25, -0.2) is 0 Å². The van der Waals surface area contributed by atoms with Crippen LogP contribution >= 0.6 is 0 Å². The lowest BCUT2D eigenvalue weighted by Crippen LogP contribution is -2.36. The van der Waals surface area contributed by atoms with Crippen LogP contribution in [0.25, 0.3) is 6.08 Å². The van der Waals surface area contributed by atoms with Crippen LogP contribution in [-0.4, -0.2) is 23.9 Å². The van der Waals surface area contributed by atoms with E-state index in [4.69, 9.17) is 0 Å². The van der Waals surface area contributed by atoms with Crippen molar-refractivity contribution in [2.75, 3.05) is 13.1 Å². The molecule has 0 unspecified atom stereocenters. The van der Waals surface area contributed by atoms with Gasteiger partial charge in [-0.05, 0) is 30.4 Å². The number of hydrogen-bond acceptors (Lipinski definition) is 1. The van der Waals surface area contributed by atoms with Gasteiger partial charge in [0, 0.05) is 19.2 Å². The minimum Gasteiger partial charge on any atom is -0.339 e. The Hall–Kier alpha value is -1.57. The van der Waals surface area contributed by atoms with Crippen molar-refractivity contribution in [3.63, 3.8) is 0 Å². The summed E-state index contributed by atoms with van der Waals surface area (Å²) in [6.07, 6.45) is 5.83. The Morgan fingerprint density at radius 1 is 1.24 bits per heavy atom. The van der Waals surface area contributed by atoms with Gasteiger partial charge in [-0.15, -0.1) is 0 Å². The Morgan fingerprint density at radius 3 is 2.53 bits per heavy atom. The van der Waals surface area contributed by atoms with E-state index in [0.717, 1.165) is 37.4 Å². The second-order valence-corrected chi connectivity index (χ2v) is 4.75. The molecule has 2 nitrogen and oxygen atoms in total. The molecule has 1 amide bonds. The normalized spacial score (nSPS) is 17.6. The van der Waals surface area contributed by atoms with Gasteiger partial charge >= 0.3 is 0 Å². The molecule has 2 rings (SSSR count). The Balaban J connectivity index is 1.91. The molecule has 1 aromatic carbocycles. The van der Waals surface area contributed by atoms with Gasteiger partial charge < -0.3 is 4.90 Å². The third-order valence-electron chi connectivity index (χ3n) is 3.31. The molecule has 0 N–H and O–H groups in total. The molecule has 0 radical (unpaired) electrons. The van der Waals surface area contributed by atoms with Crippen LogP contribution < -0.4 is 0 Å². The molecule has 0 atom stereocenters. The SMILES string of the molecule is CC1CCN(C(=O)C=Cc2ccccc2)CC1. The predicted molar refractivity (Wildman–Crippen MR) is 70.5 cm³/mol. The summed E-state index contributed by atoms with van der Waals surface area (Å²) in [5.74, 6) is 0.901. The summed E-state index contributed by atoms with van der Waals surface area (Å²) in [6.45, 7) is 4.06. The minimum atomic E-state index is 0.140. The molecule has 1 aliphatic rings. The van der Waals surface area contributed by atoms with Crippen molar-refractivity contribution in [3.8, 4) is 0 Å². The molecule has 90 valence electrons. The van der Waals surface area contributed by atoms with E-state index >= 15 is 0 Å². The number of rotatable bonds is 2. The zero-order valence-electron chi connectivity index (χ0n) is 10.3. The molecule has 17 heavy (non-hydrogen) atoms. The molecule has 1 aromatic rings. The van der Waals surface area contributed by atoms with E-state index in [1.165, 1.54) is 0 Å². The quantitative estimate of drug-likeness (QED) is 0.714. The van der Waals surface area contributed by atoms with Crippen molar-refractivity contribution < 1.29 is 4.79 Å². The fourth-order valence-corrected chi connectivity index (χ4v) is 2.07. The van der Waals surface area contributed by atoms with Crippen LogP contribution in [0.1, 0.15) is 25.3 Å². The molecule has 1 aliphatic heterocycles. The maximum atomic E-state index is 11.9. The molecule has 1 fully saturated rings. The monoisotopic (exact) mass is 229 g/mol. The summed E-state index contributed by atoms with van der Waals surface area (Å²) in [6, 6.07) is 9.94. The van der Waals surface area contributed by atoms with Crippen LogP contribution in [0, 0.1) is 5.92 Å². The van der Waals surface area contributed by atoms with Crippen molar-refractivity contribution >= 4 is 12.0 Å². The molecule has 1 saturated heterocycles. The first-order valence-electron chi connectivity index (χ1n) is 6.28. The van der Waals surface area contributed by atoms with Gasteiger partial charge in [0.15, 0.2) is 0 Å². The fourth-order valence-electron chi connectivity index (χ4n) is 2.07. The molecule has 0 aliphatic carbocycles. The van der Waals surface area contributed by atoms with Gasteiger partial charge in [-0.3, -0.25) is 4.79 Å². The highest BCUT2D eigenvalue weighted by Gasteiger charge is 2.18. The van der Waals surface area contributed by atoms with Crippen LogP contribution in [0.3, 0.4) is 0 Å². The van der Waals surface area contributed by atoms with Crippen molar-refractivity contribution in [3.05, 3.63) is 42.0 Å². The zero-order valence-corrected chi connectivity index (χ0v) is 10.3. The molecule has 0 spiro atoms. The Bertz CT molecular complexity index is 389. The molecular weight excluding hydrogens is 210 g/mol. The summed E-state index contributed by atoms with van der Waals surface area (Å²) in [5.41, 5.74) is 1.08. The van der Waals surface area contributed by atoms with Crippen molar-refractivity contribution in [2.45, 2.75) is 19.8 Å². The minimum absolute atomic E-state index is 0.140. The van der Waals surface area contributed by atoms with Gasteiger partial charge in [-0.2, -0.15) is 0 Å².